The third-order valence-electron chi connectivity index (χ3n) is 16.7. The predicted octanol–water partition coefficient (Wildman–Crippen LogP) is 22.4. The van der Waals surface area contributed by atoms with Gasteiger partial charge in [-0.3, -0.25) is 4.98 Å². The topological polar surface area (TPSA) is 25.9 Å². The molecule has 0 saturated heterocycles. The highest BCUT2D eigenvalue weighted by Gasteiger charge is 2.36. The molecule has 1 aliphatic rings. The Kier molecular flexibility index (Phi) is 13.2. The van der Waals surface area contributed by atoms with Gasteiger partial charge in [-0.2, -0.15) is 0 Å². The Bertz CT molecular complexity index is 4380. The third kappa shape index (κ3) is 9.30. The third-order valence-corrected chi connectivity index (χ3v) is 16.7. The van der Waals surface area contributed by atoms with Gasteiger partial charge in [-0.15, -0.1) is 0 Å². The number of para-hydroxylation sites is 2. The molecule has 0 saturated carbocycles. The Morgan fingerprint density at radius 1 is 0.262 bits per heavy atom. The first kappa shape index (κ1) is 51.6. The molecule has 1 aliphatic carbocycles. The summed E-state index contributed by atoms with van der Waals surface area (Å²) in [6, 6.07) is 99.9. The van der Waals surface area contributed by atoms with Crippen LogP contribution in [0.25, 0.3) is 55.1 Å². The molecule has 12 aromatic carbocycles. The van der Waals surface area contributed by atoms with Crippen molar-refractivity contribution in [2.24, 2.45) is 0 Å². The molecule has 14 rings (SSSR count). The summed E-state index contributed by atoms with van der Waals surface area (Å²) in [5.41, 5.74) is 26.4. The van der Waals surface area contributed by atoms with Gasteiger partial charge in [0.2, 0.25) is 0 Å². The van der Waals surface area contributed by atoms with E-state index in [1.54, 1.807) is 0 Å². The zero-order chi connectivity index (χ0) is 57.0. The molecule has 0 unspecified atom stereocenters. The van der Waals surface area contributed by atoms with Gasteiger partial charge in [0.25, 0.3) is 0 Å². The lowest BCUT2D eigenvalue weighted by molar-refractivity contribution is 1.15. The fraction of sp³-hybridized carbons (Fsp3) is 0.0759. The summed E-state index contributed by atoms with van der Waals surface area (Å²) in [7, 11) is 0. The van der Waals surface area contributed by atoms with Crippen molar-refractivity contribution in [3.63, 3.8) is 0 Å². The number of aryl methyl sites for hydroxylation is 5. The first-order valence-electron chi connectivity index (χ1n) is 29.0. The number of nitrogens with zero attached hydrogens (tertiary/aromatic N) is 5. The smallest absolute Gasteiger partial charge is 0.0814 e. The van der Waals surface area contributed by atoms with E-state index in [9.17, 15) is 0 Å². The van der Waals surface area contributed by atoms with Gasteiger partial charge in [0.05, 0.1) is 22.8 Å². The van der Waals surface area contributed by atoms with E-state index in [1.165, 1.54) is 49.4 Å². The second kappa shape index (κ2) is 21.4. The summed E-state index contributed by atoms with van der Waals surface area (Å²) < 4.78 is 0. The normalized spacial score (nSPS) is 11.5. The highest BCUT2D eigenvalue weighted by molar-refractivity contribution is 6.14. The molecule has 0 fully saturated rings. The molecule has 0 aliphatic heterocycles. The van der Waals surface area contributed by atoms with Crippen LogP contribution in [-0.2, 0) is 0 Å². The number of hydrogen-bond donors (Lipinski definition) is 0. The minimum absolute atomic E-state index is 0.961. The minimum Gasteiger partial charge on any atom is -0.310 e. The summed E-state index contributed by atoms with van der Waals surface area (Å²) in [6.07, 6.45) is 0. The van der Waals surface area contributed by atoms with Gasteiger partial charge in [0, 0.05) is 84.3 Å². The van der Waals surface area contributed by atoms with Crippen LogP contribution in [-0.4, -0.2) is 4.98 Å². The van der Waals surface area contributed by atoms with E-state index in [2.05, 4.69) is 334 Å². The summed E-state index contributed by atoms with van der Waals surface area (Å²) >= 11 is 0. The molecule has 1 heterocycles. The fourth-order valence-electron chi connectivity index (χ4n) is 12.6. The molecule has 0 radical (unpaired) electrons. The molecular weight excluding hydrogens is 1020 g/mol. The Hall–Kier alpha value is -10.5. The van der Waals surface area contributed by atoms with Gasteiger partial charge in [-0.05, 0) is 184 Å². The predicted molar refractivity (Wildman–Crippen MR) is 356 cm³/mol. The van der Waals surface area contributed by atoms with E-state index in [0.717, 1.165) is 107 Å². The Morgan fingerprint density at radius 2 is 0.643 bits per heavy atom. The molecule has 0 N–H and O–H groups in total. The van der Waals surface area contributed by atoms with Crippen molar-refractivity contribution in [2.75, 3.05) is 19.6 Å². The molecule has 84 heavy (non-hydrogen) atoms. The van der Waals surface area contributed by atoms with Crippen molar-refractivity contribution in [2.45, 2.75) is 41.5 Å². The summed E-state index contributed by atoms with van der Waals surface area (Å²) in [4.78, 5) is 15.5. The maximum atomic E-state index is 5.82. The maximum absolute atomic E-state index is 5.82. The lowest BCUT2D eigenvalue weighted by atomic mass is 9.77. The van der Waals surface area contributed by atoms with Gasteiger partial charge in [-0.25, -0.2) is 0 Å². The Morgan fingerprint density at radius 3 is 1.11 bits per heavy atom. The standard InChI is InChI=1S/C79H63N5/c1-52-31-39-63(40-32-52)81(64-41-33-53(2)34-42-64)67-47-60(48-68(49-67)82(65-43-35-54(3)36-44-65)66-45-37-55(4)38-46-66)76-56(5)77-72-50-69(83(61-23-9-7-10-24-61)73-29-17-21-58-19-13-15-27-70(58)73)51-75(78(72)79(77)80-57(76)6)84(62-25-11-8-12-26-62)74-30-18-22-59-20-14-16-28-71(59)74/h7-51H,1-6H3. The van der Waals surface area contributed by atoms with Crippen LogP contribution in [0.2, 0.25) is 0 Å². The average molecular weight is 1080 g/mol. The minimum atomic E-state index is 0.961. The maximum Gasteiger partial charge on any atom is 0.0814 e. The lowest BCUT2D eigenvalue weighted by Gasteiger charge is -2.37. The van der Waals surface area contributed by atoms with Crippen LogP contribution in [0.15, 0.2) is 273 Å². The number of anilines is 12. The fourth-order valence-corrected chi connectivity index (χ4v) is 12.6. The van der Waals surface area contributed by atoms with E-state index in [-0.39, 0.29) is 0 Å². The lowest BCUT2D eigenvalue weighted by Crippen LogP contribution is -2.19. The zero-order valence-electron chi connectivity index (χ0n) is 48.2. The molecule has 13 aromatic rings. The van der Waals surface area contributed by atoms with Crippen LogP contribution in [0.1, 0.15) is 33.5 Å². The van der Waals surface area contributed by atoms with Crippen LogP contribution >= 0.6 is 0 Å². The number of hydrogen-bond acceptors (Lipinski definition) is 5. The van der Waals surface area contributed by atoms with E-state index in [1.807, 2.05) is 0 Å². The summed E-state index contributed by atoms with van der Waals surface area (Å²) in [5.74, 6) is 0. The van der Waals surface area contributed by atoms with Crippen LogP contribution in [0.3, 0.4) is 0 Å². The highest BCUT2D eigenvalue weighted by atomic mass is 15.2. The van der Waals surface area contributed by atoms with Crippen molar-refractivity contribution >= 4 is 89.8 Å². The van der Waals surface area contributed by atoms with Crippen LogP contribution < -0.4 is 19.6 Å². The largest absolute Gasteiger partial charge is 0.310 e. The molecule has 5 heteroatoms. The van der Waals surface area contributed by atoms with Gasteiger partial charge in [-0.1, -0.05) is 180 Å². The van der Waals surface area contributed by atoms with Crippen molar-refractivity contribution < 1.29 is 0 Å². The molecule has 0 amide bonds. The number of rotatable bonds is 13. The number of pyridine rings is 1. The molecule has 0 spiro atoms. The molecule has 1 aromatic heterocycles. The average Bonchev–Trinajstić information content (AvgIpc) is 1.39. The van der Waals surface area contributed by atoms with E-state index in [0.29, 0.717) is 0 Å². The van der Waals surface area contributed by atoms with E-state index in [4.69, 9.17) is 4.98 Å². The number of fused-ring (bicyclic) bond motifs is 6. The Labute approximate surface area is 493 Å². The van der Waals surface area contributed by atoms with Crippen LogP contribution in [0.5, 0.6) is 0 Å². The van der Waals surface area contributed by atoms with E-state index < -0.39 is 0 Å². The summed E-state index contributed by atoms with van der Waals surface area (Å²) in [6.45, 7) is 13.1. The van der Waals surface area contributed by atoms with Crippen molar-refractivity contribution in [1.82, 2.24) is 4.98 Å². The molecule has 0 bridgehead atoms. The van der Waals surface area contributed by atoms with Crippen molar-refractivity contribution in [3.05, 3.63) is 306 Å². The highest BCUT2D eigenvalue weighted by Crippen LogP contribution is 2.59. The Balaban J connectivity index is 1.05. The van der Waals surface area contributed by atoms with Crippen molar-refractivity contribution in [1.29, 1.82) is 0 Å². The van der Waals surface area contributed by atoms with Gasteiger partial charge in [0.1, 0.15) is 0 Å². The van der Waals surface area contributed by atoms with Gasteiger partial charge < -0.3 is 19.6 Å². The zero-order valence-corrected chi connectivity index (χ0v) is 48.2. The molecular formula is C79H63N5. The van der Waals surface area contributed by atoms with Gasteiger partial charge >= 0.3 is 0 Å². The second-order valence-electron chi connectivity index (χ2n) is 22.4. The summed E-state index contributed by atoms with van der Waals surface area (Å²) in [5, 5.41) is 4.69. The number of benzene rings is 12. The second-order valence-corrected chi connectivity index (χ2v) is 22.4. The van der Waals surface area contributed by atoms with Gasteiger partial charge in [0.15, 0.2) is 0 Å². The van der Waals surface area contributed by atoms with Crippen molar-refractivity contribution in [3.8, 4) is 33.5 Å². The SMILES string of the molecule is Cc1ccc(N(c2ccc(C)cc2)c2cc(-c3c(C)nc4c(c3C)-c3cc(N(c5ccccc5)c5cccc6ccccc56)cc(N(c5ccccc5)c5cccc6ccccc56)c3-4)cc(N(c3ccc(C)cc3)c3ccc(C)cc3)c2)cc1. The molecule has 5 nitrogen and oxygen atoms in total. The monoisotopic (exact) mass is 1080 g/mol. The number of aromatic nitrogens is 1. The van der Waals surface area contributed by atoms with E-state index >= 15 is 0 Å². The van der Waals surface area contributed by atoms with Crippen LogP contribution in [0.4, 0.5) is 68.2 Å². The first-order chi connectivity index (χ1) is 41.1. The molecule has 404 valence electrons. The first-order valence-corrected chi connectivity index (χ1v) is 29.0. The van der Waals surface area contributed by atoms with Crippen LogP contribution in [0, 0.1) is 41.5 Å². The molecule has 0 atom stereocenters. The quantitative estimate of drug-likeness (QED) is 0.115.